The fourth-order valence-corrected chi connectivity index (χ4v) is 2.92. The molecule has 1 atom stereocenters. The van der Waals surface area contributed by atoms with E-state index < -0.39 is 11.8 Å². The van der Waals surface area contributed by atoms with Gasteiger partial charge in [-0.1, -0.05) is 0 Å². The molecule has 0 unspecified atom stereocenters. The van der Waals surface area contributed by atoms with Crippen LogP contribution in [0.15, 0.2) is 30.9 Å². The van der Waals surface area contributed by atoms with Crippen molar-refractivity contribution in [1.82, 2.24) is 25.0 Å². The van der Waals surface area contributed by atoms with Crippen molar-refractivity contribution in [2.24, 2.45) is 5.92 Å². The molecule has 0 bridgehead atoms. The predicted octanol–water partition coefficient (Wildman–Crippen LogP) is 1.02. The molecule has 0 radical (unpaired) electrons. The maximum Gasteiger partial charge on any atom is 0.319 e. The monoisotopic (exact) mass is 376 g/mol. The van der Waals surface area contributed by atoms with E-state index in [1.54, 1.807) is 22.6 Å². The number of amides is 3. The van der Waals surface area contributed by atoms with E-state index in [1.807, 2.05) is 0 Å². The lowest BCUT2D eigenvalue weighted by molar-refractivity contribution is -0.128. The molecule has 9 nitrogen and oxygen atoms in total. The van der Waals surface area contributed by atoms with E-state index in [1.165, 1.54) is 24.8 Å². The average Bonchev–Trinajstić information content (AvgIpc) is 3.30. The zero-order valence-electron chi connectivity index (χ0n) is 14.9. The largest absolute Gasteiger partial charge is 0.383 e. The summed E-state index contributed by atoms with van der Waals surface area (Å²) in [5, 5.41) is 12.6. The maximum atomic E-state index is 14.0. The Bertz CT molecular complexity index is 798. The van der Waals surface area contributed by atoms with Crippen molar-refractivity contribution in [3.63, 3.8) is 0 Å². The number of methoxy groups -OCH3 is 1. The summed E-state index contributed by atoms with van der Waals surface area (Å²) in [4.78, 5) is 25.7. The Balaban J connectivity index is 1.53. The first kappa shape index (κ1) is 18.8. The number of urea groups is 1. The van der Waals surface area contributed by atoms with Crippen LogP contribution in [0.4, 0.5) is 14.9 Å². The molecule has 1 aromatic heterocycles. The molecule has 2 heterocycles. The smallest absolute Gasteiger partial charge is 0.319 e. The Morgan fingerprint density at radius 3 is 2.89 bits per heavy atom. The van der Waals surface area contributed by atoms with E-state index in [0.717, 1.165) is 0 Å². The molecule has 1 aliphatic rings. The van der Waals surface area contributed by atoms with Crippen molar-refractivity contribution in [3.8, 4) is 5.69 Å². The van der Waals surface area contributed by atoms with Gasteiger partial charge < -0.3 is 20.3 Å². The normalized spacial score (nSPS) is 16.6. The van der Waals surface area contributed by atoms with Crippen LogP contribution >= 0.6 is 0 Å². The molecule has 144 valence electrons. The minimum Gasteiger partial charge on any atom is -0.383 e. The highest BCUT2D eigenvalue weighted by atomic mass is 19.1. The number of carbonyl (C=O) groups excluding carboxylic acids is 2. The number of nitrogens with one attached hydrogen (secondary N) is 2. The molecule has 3 rings (SSSR count). The van der Waals surface area contributed by atoms with Crippen LogP contribution in [-0.2, 0) is 9.53 Å². The Labute approximate surface area is 155 Å². The molecule has 3 amide bonds. The van der Waals surface area contributed by atoms with Crippen LogP contribution in [0.3, 0.4) is 0 Å². The lowest BCUT2D eigenvalue weighted by Gasteiger charge is -2.16. The summed E-state index contributed by atoms with van der Waals surface area (Å²) in [5.41, 5.74) is 0.662. The number of likely N-dealkylation sites (tertiary alicyclic amines) is 1. The van der Waals surface area contributed by atoms with Crippen molar-refractivity contribution in [2.75, 3.05) is 38.7 Å². The van der Waals surface area contributed by atoms with Gasteiger partial charge in [0.2, 0.25) is 5.91 Å². The van der Waals surface area contributed by atoms with Crippen molar-refractivity contribution < 1.29 is 18.7 Å². The number of hydrogen-bond acceptors (Lipinski definition) is 5. The summed E-state index contributed by atoms with van der Waals surface area (Å²) in [5.74, 6) is -0.482. The highest BCUT2D eigenvalue weighted by Gasteiger charge is 2.29. The second-order valence-corrected chi connectivity index (χ2v) is 6.27. The van der Waals surface area contributed by atoms with Gasteiger partial charge in [-0.05, 0) is 18.2 Å². The predicted molar refractivity (Wildman–Crippen MR) is 94.9 cm³/mol. The minimum atomic E-state index is -0.552. The first-order chi connectivity index (χ1) is 13.1. The lowest BCUT2D eigenvalue weighted by Crippen LogP contribution is -2.35. The van der Waals surface area contributed by atoms with Crippen molar-refractivity contribution in [2.45, 2.75) is 6.42 Å². The van der Waals surface area contributed by atoms with Crippen LogP contribution in [-0.4, -0.2) is 65.0 Å². The maximum absolute atomic E-state index is 14.0. The summed E-state index contributed by atoms with van der Waals surface area (Å²) in [6.45, 7) is 1.92. The molecule has 27 heavy (non-hydrogen) atoms. The van der Waals surface area contributed by atoms with Gasteiger partial charge in [0.15, 0.2) is 0 Å². The molecule has 1 saturated heterocycles. The fraction of sp³-hybridized carbons (Fsp3) is 0.412. The number of hydrogen-bond donors (Lipinski definition) is 2. The molecule has 1 fully saturated rings. The molecule has 0 saturated carbocycles. The third-order valence-corrected chi connectivity index (χ3v) is 4.33. The second-order valence-electron chi connectivity index (χ2n) is 6.27. The number of anilines is 1. The molecule has 1 aliphatic heterocycles. The van der Waals surface area contributed by atoms with E-state index in [9.17, 15) is 14.0 Å². The molecular weight excluding hydrogens is 355 g/mol. The Hall–Kier alpha value is -3.01. The average molecular weight is 376 g/mol. The second kappa shape index (κ2) is 8.58. The van der Waals surface area contributed by atoms with Crippen LogP contribution in [0.25, 0.3) is 5.69 Å². The highest BCUT2D eigenvalue weighted by Crippen LogP contribution is 2.19. The van der Waals surface area contributed by atoms with Crippen molar-refractivity contribution in [1.29, 1.82) is 0 Å². The summed E-state index contributed by atoms with van der Waals surface area (Å²) in [6, 6.07) is 3.77. The third-order valence-electron chi connectivity index (χ3n) is 4.33. The zero-order valence-corrected chi connectivity index (χ0v) is 14.9. The molecule has 0 aliphatic carbocycles. The number of rotatable bonds is 7. The molecule has 2 N–H and O–H groups in total. The Morgan fingerprint density at radius 2 is 2.15 bits per heavy atom. The van der Waals surface area contributed by atoms with Gasteiger partial charge in [0.05, 0.1) is 18.0 Å². The molecule has 2 aromatic rings. The number of carbonyl (C=O) groups is 2. The van der Waals surface area contributed by atoms with E-state index in [2.05, 4.69) is 20.8 Å². The summed E-state index contributed by atoms with van der Waals surface area (Å²) in [7, 11) is 1.58. The van der Waals surface area contributed by atoms with Gasteiger partial charge in [0.25, 0.3) is 0 Å². The number of nitrogens with zero attached hydrogens (tertiary/aromatic N) is 4. The minimum absolute atomic E-state index is 0.0216. The van der Waals surface area contributed by atoms with Gasteiger partial charge in [-0.15, -0.1) is 10.2 Å². The van der Waals surface area contributed by atoms with Gasteiger partial charge in [-0.3, -0.25) is 9.36 Å². The van der Waals surface area contributed by atoms with Gasteiger partial charge in [-0.25, -0.2) is 9.18 Å². The van der Waals surface area contributed by atoms with Gasteiger partial charge in [-0.2, -0.15) is 0 Å². The van der Waals surface area contributed by atoms with E-state index >= 15 is 0 Å². The first-order valence-electron chi connectivity index (χ1n) is 8.53. The first-order valence-corrected chi connectivity index (χ1v) is 8.53. The number of ether oxygens (including phenoxy) is 1. The number of benzene rings is 1. The SMILES string of the molecule is COCCN1C[C@H](CNC(=O)Nc2cc(-n3cnnc3)ccc2F)CC1=O. The standard InChI is InChI=1S/C17H21FN6O3/c1-27-5-4-23-9-12(6-16(23)25)8-19-17(26)22-15-7-13(2-3-14(15)18)24-10-20-21-11-24/h2-3,7,10-12H,4-6,8-9H2,1H3,(H2,19,22,26)/t12-/m0/s1. The topological polar surface area (TPSA) is 101 Å². The molecule has 1 aromatic carbocycles. The third kappa shape index (κ3) is 4.79. The van der Waals surface area contributed by atoms with E-state index in [4.69, 9.17) is 4.74 Å². The Kier molecular flexibility index (Phi) is 5.97. The summed E-state index contributed by atoms with van der Waals surface area (Å²) < 4.78 is 20.6. The highest BCUT2D eigenvalue weighted by molar-refractivity contribution is 5.89. The van der Waals surface area contributed by atoms with Crippen LogP contribution < -0.4 is 10.6 Å². The van der Waals surface area contributed by atoms with E-state index in [0.29, 0.717) is 38.3 Å². The zero-order chi connectivity index (χ0) is 19.2. The van der Waals surface area contributed by atoms with Gasteiger partial charge in [0.1, 0.15) is 18.5 Å². The van der Waals surface area contributed by atoms with Crippen LogP contribution in [0.2, 0.25) is 0 Å². The lowest BCUT2D eigenvalue weighted by atomic mass is 10.1. The number of halogens is 1. The fourth-order valence-electron chi connectivity index (χ4n) is 2.92. The summed E-state index contributed by atoms with van der Waals surface area (Å²) >= 11 is 0. The van der Waals surface area contributed by atoms with Crippen LogP contribution in [0, 0.1) is 11.7 Å². The summed E-state index contributed by atoms with van der Waals surface area (Å²) in [6.07, 6.45) is 3.33. The molecule has 10 heteroatoms. The molecule has 0 spiro atoms. The van der Waals surface area contributed by atoms with Crippen LogP contribution in [0.5, 0.6) is 0 Å². The van der Waals surface area contributed by atoms with E-state index in [-0.39, 0.29) is 17.5 Å². The molecular formula is C17H21FN6O3. The Morgan fingerprint density at radius 1 is 1.37 bits per heavy atom. The van der Waals surface area contributed by atoms with Crippen molar-refractivity contribution in [3.05, 3.63) is 36.7 Å². The number of aromatic nitrogens is 3. The quantitative estimate of drug-likeness (QED) is 0.751. The van der Waals surface area contributed by atoms with Gasteiger partial charge >= 0.3 is 6.03 Å². The van der Waals surface area contributed by atoms with Gasteiger partial charge in [0, 0.05) is 39.1 Å². The van der Waals surface area contributed by atoms with Crippen molar-refractivity contribution >= 4 is 17.6 Å². The van der Waals surface area contributed by atoms with Crippen LogP contribution in [0.1, 0.15) is 6.42 Å².